The number of amides is 1. The Kier molecular flexibility index (Phi) is 4.44. The molecule has 1 amide bonds. The Morgan fingerprint density at radius 3 is 2.59 bits per heavy atom. The van der Waals surface area contributed by atoms with Crippen LogP contribution in [0.3, 0.4) is 0 Å². The first-order valence-electron chi connectivity index (χ1n) is 7.66. The molecule has 1 aromatic heterocycles. The normalized spacial score (nSPS) is 15.8. The molecule has 2 aromatic rings. The van der Waals surface area contributed by atoms with Gasteiger partial charge in [-0.15, -0.1) is 0 Å². The molecule has 114 valence electrons. The summed E-state index contributed by atoms with van der Waals surface area (Å²) in [6.07, 6.45) is 3.21. The average molecular weight is 296 g/mol. The zero-order valence-electron chi connectivity index (χ0n) is 12.8. The number of hydrogen-bond donors (Lipinski definition) is 0. The van der Waals surface area contributed by atoms with Crippen molar-refractivity contribution in [2.75, 3.05) is 32.7 Å². The SMILES string of the molecule is CCN1CCN(C(=O)c2ccccc2-c2ccncn2)CC1. The third kappa shape index (κ3) is 2.99. The third-order valence-electron chi connectivity index (χ3n) is 4.12. The number of nitrogens with zero attached hydrogens (tertiary/aromatic N) is 4. The van der Waals surface area contributed by atoms with Crippen molar-refractivity contribution in [2.24, 2.45) is 0 Å². The molecule has 1 aromatic carbocycles. The van der Waals surface area contributed by atoms with Gasteiger partial charge in [0.2, 0.25) is 0 Å². The van der Waals surface area contributed by atoms with Gasteiger partial charge in [0.05, 0.1) is 5.69 Å². The van der Waals surface area contributed by atoms with Crippen molar-refractivity contribution in [3.05, 3.63) is 48.4 Å². The Morgan fingerprint density at radius 2 is 1.91 bits per heavy atom. The van der Waals surface area contributed by atoms with Crippen molar-refractivity contribution in [2.45, 2.75) is 6.92 Å². The Hall–Kier alpha value is -2.27. The number of benzene rings is 1. The summed E-state index contributed by atoms with van der Waals surface area (Å²) < 4.78 is 0. The van der Waals surface area contributed by atoms with E-state index in [9.17, 15) is 4.79 Å². The summed E-state index contributed by atoms with van der Waals surface area (Å²) in [5, 5.41) is 0. The van der Waals surface area contributed by atoms with Crippen molar-refractivity contribution in [3.8, 4) is 11.3 Å². The molecule has 0 radical (unpaired) electrons. The van der Waals surface area contributed by atoms with Gasteiger partial charge in [-0.05, 0) is 18.7 Å². The number of aromatic nitrogens is 2. The average Bonchev–Trinajstić information content (AvgIpc) is 2.62. The van der Waals surface area contributed by atoms with E-state index >= 15 is 0 Å². The minimum atomic E-state index is 0.0879. The second kappa shape index (κ2) is 6.66. The van der Waals surface area contributed by atoms with Gasteiger partial charge >= 0.3 is 0 Å². The van der Waals surface area contributed by atoms with Gasteiger partial charge in [-0.2, -0.15) is 0 Å². The standard InChI is InChI=1S/C17H20N4O/c1-2-20-9-11-21(12-10-20)17(22)15-6-4-3-5-14(15)16-7-8-18-13-19-16/h3-8,13H,2,9-12H2,1H3. The van der Waals surface area contributed by atoms with E-state index in [1.807, 2.05) is 35.2 Å². The number of carbonyl (C=O) groups is 1. The summed E-state index contributed by atoms with van der Waals surface area (Å²) in [4.78, 5) is 25.4. The molecule has 5 nitrogen and oxygen atoms in total. The monoisotopic (exact) mass is 296 g/mol. The van der Waals surface area contributed by atoms with Gasteiger partial charge in [0.1, 0.15) is 6.33 Å². The lowest BCUT2D eigenvalue weighted by atomic mass is 10.0. The minimum absolute atomic E-state index is 0.0879. The second-order valence-corrected chi connectivity index (χ2v) is 5.37. The number of piperazine rings is 1. The molecular formula is C17H20N4O. The molecule has 5 heteroatoms. The lowest BCUT2D eigenvalue weighted by Gasteiger charge is -2.34. The summed E-state index contributed by atoms with van der Waals surface area (Å²) in [5.74, 6) is 0.0879. The summed E-state index contributed by atoms with van der Waals surface area (Å²) >= 11 is 0. The highest BCUT2D eigenvalue weighted by Gasteiger charge is 2.23. The summed E-state index contributed by atoms with van der Waals surface area (Å²) in [6, 6.07) is 9.49. The highest BCUT2D eigenvalue weighted by molar-refractivity contribution is 6.00. The van der Waals surface area contributed by atoms with E-state index in [-0.39, 0.29) is 5.91 Å². The predicted molar refractivity (Wildman–Crippen MR) is 85.5 cm³/mol. The fourth-order valence-corrected chi connectivity index (χ4v) is 2.78. The molecule has 1 fully saturated rings. The minimum Gasteiger partial charge on any atom is -0.336 e. The maximum Gasteiger partial charge on any atom is 0.254 e. The lowest BCUT2D eigenvalue weighted by Crippen LogP contribution is -2.48. The van der Waals surface area contributed by atoms with Gasteiger partial charge in [0.15, 0.2) is 0 Å². The van der Waals surface area contributed by atoms with Gasteiger partial charge in [0, 0.05) is 43.5 Å². The van der Waals surface area contributed by atoms with Gasteiger partial charge < -0.3 is 9.80 Å². The molecule has 3 rings (SSSR count). The maximum absolute atomic E-state index is 12.9. The van der Waals surface area contributed by atoms with Crippen LogP contribution in [0.25, 0.3) is 11.3 Å². The fourth-order valence-electron chi connectivity index (χ4n) is 2.78. The van der Waals surface area contributed by atoms with E-state index in [2.05, 4.69) is 21.8 Å². The highest BCUT2D eigenvalue weighted by atomic mass is 16.2. The smallest absolute Gasteiger partial charge is 0.254 e. The van der Waals surface area contributed by atoms with E-state index in [1.165, 1.54) is 6.33 Å². The fraction of sp³-hybridized carbons (Fsp3) is 0.353. The van der Waals surface area contributed by atoms with Crippen molar-refractivity contribution < 1.29 is 4.79 Å². The van der Waals surface area contributed by atoms with Gasteiger partial charge in [-0.1, -0.05) is 25.1 Å². The number of hydrogen-bond acceptors (Lipinski definition) is 4. The summed E-state index contributed by atoms with van der Waals surface area (Å²) in [5.41, 5.74) is 2.37. The van der Waals surface area contributed by atoms with Crippen LogP contribution in [0.2, 0.25) is 0 Å². The number of carbonyl (C=O) groups excluding carboxylic acids is 1. The Morgan fingerprint density at radius 1 is 1.14 bits per heavy atom. The van der Waals surface area contributed by atoms with E-state index in [0.717, 1.165) is 44.0 Å². The molecule has 0 saturated carbocycles. The number of likely N-dealkylation sites (N-methyl/N-ethyl adjacent to an activating group) is 1. The van der Waals surface area contributed by atoms with Crippen LogP contribution in [-0.2, 0) is 0 Å². The zero-order valence-corrected chi connectivity index (χ0v) is 12.8. The molecular weight excluding hydrogens is 276 g/mol. The largest absolute Gasteiger partial charge is 0.336 e. The van der Waals surface area contributed by atoms with Crippen LogP contribution >= 0.6 is 0 Å². The number of rotatable bonds is 3. The highest BCUT2D eigenvalue weighted by Crippen LogP contribution is 2.22. The van der Waals surface area contributed by atoms with Crippen LogP contribution in [0.5, 0.6) is 0 Å². The predicted octanol–water partition coefficient (Wildman–Crippen LogP) is 1.92. The van der Waals surface area contributed by atoms with Crippen LogP contribution in [0.4, 0.5) is 0 Å². The Balaban J connectivity index is 1.85. The first kappa shape index (κ1) is 14.7. The summed E-state index contributed by atoms with van der Waals surface area (Å²) in [6.45, 7) is 6.65. The molecule has 0 N–H and O–H groups in total. The van der Waals surface area contributed by atoms with E-state index in [0.29, 0.717) is 5.56 Å². The Labute approximate surface area is 130 Å². The zero-order chi connectivity index (χ0) is 15.4. The summed E-state index contributed by atoms with van der Waals surface area (Å²) in [7, 11) is 0. The van der Waals surface area contributed by atoms with Crippen LogP contribution < -0.4 is 0 Å². The van der Waals surface area contributed by atoms with E-state index in [4.69, 9.17) is 0 Å². The molecule has 22 heavy (non-hydrogen) atoms. The molecule has 0 atom stereocenters. The van der Waals surface area contributed by atoms with E-state index in [1.54, 1.807) is 6.20 Å². The molecule has 0 unspecified atom stereocenters. The van der Waals surface area contributed by atoms with Crippen molar-refractivity contribution >= 4 is 5.91 Å². The van der Waals surface area contributed by atoms with Gasteiger partial charge in [-0.25, -0.2) is 9.97 Å². The van der Waals surface area contributed by atoms with Crippen molar-refractivity contribution in [3.63, 3.8) is 0 Å². The lowest BCUT2D eigenvalue weighted by molar-refractivity contribution is 0.0644. The Bertz CT molecular complexity index is 636. The third-order valence-corrected chi connectivity index (χ3v) is 4.12. The van der Waals surface area contributed by atoms with Crippen LogP contribution in [0, 0.1) is 0 Å². The van der Waals surface area contributed by atoms with Crippen molar-refractivity contribution in [1.82, 2.24) is 19.8 Å². The maximum atomic E-state index is 12.9. The molecule has 0 bridgehead atoms. The van der Waals surface area contributed by atoms with Crippen molar-refractivity contribution in [1.29, 1.82) is 0 Å². The van der Waals surface area contributed by atoms with Gasteiger partial charge in [0.25, 0.3) is 5.91 Å². The quantitative estimate of drug-likeness (QED) is 0.868. The first-order chi connectivity index (χ1) is 10.8. The van der Waals surface area contributed by atoms with Gasteiger partial charge in [-0.3, -0.25) is 4.79 Å². The first-order valence-corrected chi connectivity index (χ1v) is 7.66. The molecule has 1 aliphatic rings. The molecule has 2 heterocycles. The van der Waals surface area contributed by atoms with E-state index < -0.39 is 0 Å². The van der Waals surface area contributed by atoms with Crippen LogP contribution in [0.1, 0.15) is 17.3 Å². The van der Waals surface area contributed by atoms with Crippen LogP contribution in [0.15, 0.2) is 42.9 Å². The molecule has 0 aliphatic carbocycles. The molecule has 1 saturated heterocycles. The second-order valence-electron chi connectivity index (χ2n) is 5.37. The molecule has 0 spiro atoms. The van der Waals surface area contributed by atoms with Crippen LogP contribution in [-0.4, -0.2) is 58.4 Å². The molecule has 1 aliphatic heterocycles. The topological polar surface area (TPSA) is 49.3 Å².